The van der Waals surface area contributed by atoms with E-state index in [0.29, 0.717) is 11.9 Å². The second kappa shape index (κ2) is 6.53. The largest absolute Gasteiger partial charge is 0.423 e. The predicted octanol–water partition coefficient (Wildman–Crippen LogP) is 4.64. The summed E-state index contributed by atoms with van der Waals surface area (Å²) in [5.41, 5.74) is 4.98. The molecule has 2 aliphatic carbocycles. The third-order valence-electron chi connectivity index (χ3n) is 7.46. The Morgan fingerprint density at radius 3 is 2.00 bits per heavy atom. The van der Waals surface area contributed by atoms with E-state index in [-0.39, 0.29) is 0 Å². The highest BCUT2D eigenvalue weighted by molar-refractivity contribution is 5.53. The van der Waals surface area contributed by atoms with Gasteiger partial charge >= 0.3 is 0 Å². The summed E-state index contributed by atoms with van der Waals surface area (Å²) in [5, 5.41) is 8.98. The molecular formula is C25H27N3O. The lowest BCUT2D eigenvalue weighted by molar-refractivity contribution is -0.0184. The summed E-state index contributed by atoms with van der Waals surface area (Å²) in [5.74, 6) is 2.15. The van der Waals surface area contributed by atoms with E-state index >= 15 is 0 Å². The summed E-state index contributed by atoms with van der Waals surface area (Å²) in [7, 11) is 0. The highest BCUT2D eigenvalue weighted by Gasteiger charge is 2.54. The molecule has 2 aromatic carbocycles. The van der Waals surface area contributed by atoms with Crippen LogP contribution in [0.3, 0.4) is 0 Å². The van der Waals surface area contributed by atoms with Crippen LogP contribution in [0, 0.1) is 12.8 Å². The standard InChI is InChI=1S/C25H27N3O/c1-17-26-27-24(29-17)25(28-16-18-10-14-21(28)15-11-18)22-8-4-2-6-19(22)12-13-20-7-3-5-9-23(20)25/h2-9,18,21H,10-16H2,1H3. The van der Waals surface area contributed by atoms with Crippen LogP contribution in [0.4, 0.5) is 0 Å². The number of nitrogens with zero attached hydrogens (tertiary/aromatic N) is 3. The normalized spacial score (nSPS) is 25.3. The topological polar surface area (TPSA) is 42.2 Å². The van der Waals surface area contributed by atoms with E-state index in [1.165, 1.54) is 47.9 Å². The highest BCUT2D eigenvalue weighted by atomic mass is 16.4. The zero-order valence-corrected chi connectivity index (χ0v) is 17.0. The fourth-order valence-corrected chi connectivity index (χ4v) is 6.18. The van der Waals surface area contributed by atoms with Crippen molar-refractivity contribution < 1.29 is 4.42 Å². The minimum Gasteiger partial charge on any atom is -0.423 e. The molecule has 0 atom stereocenters. The molecule has 148 valence electrons. The van der Waals surface area contributed by atoms with Crippen LogP contribution >= 0.6 is 0 Å². The quantitative estimate of drug-likeness (QED) is 0.644. The number of aryl methyl sites for hydroxylation is 3. The van der Waals surface area contributed by atoms with Gasteiger partial charge in [-0.3, -0.25) is 4.90 Å². The number of aromatic nitrogens is 2. The summed E-state index contributed by atoms with van der Waals surface area (Å²) in [6.45, 7) is 3.01. The van der Waals surface area contributed by atoms with Gasteiger partial charge in [0.2, 0.25) is 11.8 Å². The molecule has 2 bridgehead atoms. The van der Waals surface area contributed by atoms with Crippen molar-refractivity contribution in [3.8, 4) is 0 Å². The Labute approximate surface area is 172 Å². The van der Waals surface area contributed by atoms with Gasteiger partial charge in [-0.15, -0.1) is 10.2 Å². The van der Waals surface area contributed by atoms with E-state index in [2.05, 4.69) is 63.6 Å². The maximum atomic E-state index is 6.29. The third-order valence-corrected chi connectivity index (χ3v) is 7.46. The Morgan fingerprint density at radius 2 is 1.48 bits per heavy atom. The number of benzene rings is 2. The van der Waals surface area contributed by atoms with Gasteiger partial charge < -0.3 is 4.42 Å². The van der Waals surface area contributed by atoms with Crippen LogP contribution in [-0.2, 0) is 18.4 Å². The van der Waals surface area contributed by atoms with Crippen LogP contribution in [0.1, 0.15) is 59.7 Å². The van der Waals surface area contributed by atoms with Crippen molar-refractivity contribution in [3.63, 3.8) is 0 Å². The first-order chi connectivity index (χ1) is 14.3. The molecule has 4 heteroatoms. The molecule has 4 aliphatic rings. The van der Waals surface area contributed by atoms with Crippen molar-refractivity contribution in [1.82, 2.24) is 15.1 Å². The fraction of sp³-hybridized carbons (Fsp3) is 0.440. The van der Waals surface area contributed by atoms with Gasteiger partial charge in [-0.25, -0.2) is 0 Å². The van der Waals surface area contributed by atoms with Crippen LogP contribution in [0.25, 0.3) is 0 Å². The van der Waals surface area contributed by atoms with E-state index in [1.54, 1.807) is 0 Å². The molecule has 2 aliphatic heterocycles. The molecule has 0 spiro atoms. The lowest BCUT2D eigenvalue weighted by Gasteiger charge is -2.54. The van der Waals surface area contributed by atoms with Gasteiger partial charge in [0, 0.05) is 19.5 Å². The lowest BCUT2D eigenvalue weighted by atomic mass is 9.71. The summed E-state index contributed by atoms with van der Waals surface area (Å²) < 4.78 is 6.29. The van der Waals surface area contributed by atoms with Gasteiger partial charge in [0.15, 0.2) is 5.54 Å². The molecular weight excluding hydrogens is 358 g/mol. The first kappa shape index (κ1) is 17.4. The molecule has 0 radical (unpaired) electrons. The molecule has 0 N–H and O–H groups in total. The molecule has 1 aromatic heterocycles. The van der Waals surface area contributed by atoms with Crippen LogP contribution in [0.5, 0.6) is 0 Å². The smallest absolute Gasteiger partial charge is 0.245 e. The van der Waals surface area contributed by atoms with E-state index in [0.717, 1.165) is 31.2 Å². The second-order valence-corrected chi connectivity index (χ2v) is 8.98. The van der Waals surface area contributed by atoms with Crippen molar-refractivity contribution in [3.05, 3.63) is 82.6 Å². The number of fused-ring (bicyclic) bond motifs is 5. The Bertz CT molecular complexity index is 1000. The Morgan fingerprint density at radius 1 is 0.862 bits per heavy atom. The van der Waals surface area contributed by atoms with Crippen LogP contribution in [0.2, 0.25) is 0 Å². The second-order valence-electron chi connectivity index (χ2n) is 8.98. The van der Waals surface area contributed by atoms with Gasteiger partial charge in [0.25, 0.3) is 0 Å². The monoisotopic (exact) mass is 385 g/mol. The Hall–Kier alpha value is -2.46. The molecule has 2 saturated heterocycles. The Kier molecular flexibility index (Phi) is 3.92. The zero-order chi connectivity index (χ0) is 19.4. The van der Waals surface area contributed by atoms with Crippen LogP contribution in [-0.4, -0.2) is 27.7 Å². The van der Waals surface area contributed by atoms with Gasteiger partial charge in [-0.1, -0.05) is 48.5 Å². The zero-order valence-electron chi connectivity index (χ0n) is 17.0. The van der Waals surface area contributed by atoms with Crippen molar-refractivity contribution in [2.45, 2.75) is 57.0 Å². The minimum atomic E-state index is -0.491. The molecule has 7 rings (SSSR count). The van der Waals surface area contributed by atoms with Crippen molar-refractivity contribution in [2.75, 3.05) is 6.54 Å². The van der Waals surface area contributed by atoms with E-state index < -0.39 is 5.54 Å². The molecule has 3 aromatic rings. The SMILES string of the molecule is Cc1nnc(C2(N3CC4CCC3CC4)c3ccccc3CCc3ccccc32)o1. The lowest BCUT2D eigenvalue weighted by Crippen LogP contribution is -2.59. The van der Waals surface area contributed by atoms with Crippen LogP contribution < -0.4 is 0 Å². The van der Waals surface area contributed by atoms with Gasteiger partial charge in [-0.2, -0.15) is 0 Å². The highest BCUT2D eigenvalue weighted by Crippen LogP contribution is 2.51. The maximum absolute atomic E-state index is 6.29. The van der Waals surface area contributed by atoms with Gasteiger partial charge in [-0.05, 0) is 66.7 Å². The van der Waals surface area contributed by atoms with Crippen molar-refractivity contribution in [2.24, 2.45) is 5.92 Å². The van der Waals surface area contributed by atoms with E-state index in [9.17, 15) is 0 Å². The first-order valence-electron chi connectivity index (χ1n) is 11.0. The summed E-state index contributed by atoms with van der Waals surface area (Å²) in [4.78, 5) is 2.74. The minimum absolute atomic E-state index is 0.491. The molecule has 3 heterocycles. The molecule has 0 amide bonds. The molecule has 3 fully saturated rings. The number of piperidine rings is 2. The van der Waals surface area contributed by atoms with Gasteiger partial charge in [0.1, 0.15) is 0 Å². The molecule has 0 unspecified atom stereocenters. The Balaban J connectivity index is 1.71. The van der Waals surface area contributed by atoms with Gasteiger partial charge in [0.05, 0.1) is 0 Å². The van der Waals surface area contributed by atoms with E-state index in [1.807, 2.05) is 6.92 Å². The van der Waals surface area contributed by atoms with Crippen molar-refractivity contribution >= 4 is 0 Å². The number of hydrogen-bond donors (Lipinski definition) is 0. The number of hydrogen-bond acceptors (Lipinski definition) is 4. The van der Waals surface area contributed by atoms with Crippen LogP contribution in [0.15, 0.2) is 52.9 Å². The average Bonchev–Trinajstić information content (AvgIpc) is 3.15. The predicted molar refractivity (Wildman–Crippen MR) is 112 cm³/mol. The number of rotatable bonds is 2. The average molecular weight is 386 g/mol. The molecule has 29 heavy (non-hydrogen) atoms. The summed E-state index contributed by atoms with van der Waals surface area (Å²) in [6, 6.07) is 18.4. The molecule has 4 nitrogen and oxygen atoms in total. The fourth-order valence-electron chi connectivity index (χ4n) is 6.18. The maximum Gasteiger partial charge on any atom is 0.245 e. The van der Waals surface area contributed by atoms with Crippen molar-refractivity contribution in [1.29, 1.82) is 0 Å². The van der Waals surface area contributed by atoms with E-state index in [4.69, 9.17) is 4.42 Å². The summed E-state index contributed by atoms with van der Waals surface area (Å²) in [6.07, 6.45) is 7.33. The summed E-state index contributed by atoms with van der Waals surface area (Å²) >= 11 is 0. The third kappa shape index (κ3) is 2.48. The molecule has 1 saturated carbocycles. The first-order valence-corrected chi connectivity index (χ1v) is 11.0.